The maximum Gasteiger partial charge on any atom is 0.214 e. The fourth-order valence-corrected chi connectivity index (χ4v) is 11.1. The second-order valence-electron chi connectivity index (χ2n) is 7.17. The zero-order chi connectivity index (χ0) is 24.2. The molecule has 0 fully saturated rings. The quantitative estimate of drug-likeness (QED) is 0.0964. The van der Waals surface area contributed by atoms with E-state index in [1.807, 2.05) is 13.8 Å². The van der Waals surface area contributed by atoms with E-state index in [2.05, 4.69) is 13.3 Å². The monoisotopic (exact) mass is 564 g/mol. The average molecular weight is 565 g/mol. The Morgan fingerprint density at radius 2 is 1.16 bits per heavy atom. The molecule has 0 aromatic rings. The van der Waals surface area contributed by atoms with Crippen LogP contribution in [-0.2, 0) is 9.59 Å². The molecule has 4 unspecified atom stereocenters. The molecule has 2 amide bonds. The largest absolute Gasteiger partial charge is 0.396 e. The lowest BCUT2D eigenvalue weighted by molar-refractivity contribution is -0.117. The summed E-state index contributed by atoms with van der Waals surface area (Å²) in [5, 5.41) is 19.1. The lowest BCUT2D eigenvalue weighted by Gasteiger charge is -2.22. The molecule has 0 bridgehead atoms. The van der Waals surface area contributed by atoms with Gasteiger partial charge in [-0.3, -0.25) is 9.59 Å². The lowest BCUT2D eigenvalue weighted by atomic mass is 10.3. The minimum Gasteiger partial charge on any atom is -0.396 e. The molecule has 0 aliphatic carbocycles. The summed E-state index contributed by atoms with van der Waals surface area (Å²) in [7, 11) is 4.90. The van der Waals surface area contributed by atoms with E-state index in [9.17, 15) is 19.8 Å². The van der Waals surface area contributed by atoms with Crippen molar-refractivity contribution < 1.29 is 19.8 Å². The minimum absolute atomic E-state index is 0.0120. The highest BCUT2D eigenvalue weighted by Gasteiger charge is 2.16. The Balaban J connectivity index is 5.39. The van der Waals surface area contributed by atoms with Gasteiger partial charge in [0.25, 0.3) is 0 Å². The third-order valence-electron chi connectivity index (χ3n) is 4.80. The minimum atomic E-state index is 0.0120. The summed E-state index contributed by atoms with van der Waals surface area (Å²) in [5.74, 6) is 2.65. The van der Waals surface area contributed by atoms with E-state index in [1.165, 1.54) is 33.4 Å². The van der Waals surface area contributed by atoms with Gasteiger partial charge in [-0.05, 0) is 13.8 Å². The Bertz CT molecular complexity index is 548. The first-order chi connectivity index (χ1) is 15.5. The number of allylic oxidation sites excluding steroid dienone is 2. The van der Waals surface area contributed by atoms with Gasteiger partial charge in [-0.2, -0.15) is 0 Å². The van der Waals surface area contributed by atoms with Crippen molar-refractivity contribution in [3.63, 3.8) is 0 Å². The Morgan fingerprint density at radius 1 is 0.781 bits per heavy atom. The SMILES string of the molecule is C[PH2+]C[PH2+]CCN(C=O)C(C)=C(CCO)SSC(CCO)=C(C)N(C=O)CC[PH2+]C[PH2+]C. The van der Waals surface area contributed by atoms with Gasteiger partial charge < -0.3 is 20.0 Å². The fourth-order valence-electron chi connectivity index (χ4n) is 2.82. The third-order valence-corrected chi connectivity index (χ3v) is 15.5. The van der Waals surface area contributed by atoms with Gasteiger partial charge in [0.15, 0.2) is 11.8 Å². The van der Waals surface area contributed by atoms with Crippen LogP contribution < -0.4 is 0 Å². The molecule has 0 aromatic carbocycles. The second-order valence-corrected chi connectivity index (χ2v) is 17.2. The zero-order valence-electron chi connectivity index (χ0n) is 20.0. The van der Waals surface area contributed by atoms with Gasteiger partial charge in [0.05, 0.1) is 25.4 Å². The van der Waals surface area contributed by atoms with E-state index < -0.39 is 0 Å². The molecule has 0 aliphatic heterocycles. The first-order valence-electron chi connectivity index (χ1n) is 11.1. The van der Waals surface area contributed by atoms with Crippen LogP contribution in [-0.4, -0.2) is 96.6 Å². The van der Waals surface area contributed by atoms with Crippen LogP contribution in [0.4, 0.5) is 0 Å². The van der Waals surface area contributed by atoms with Gasteiger partial charge >= 0.3 is 0 Å². The van der Waals surface area contributed by atoms with Gasteiger partial charge in [0.1, 0.15) is 0 Å². The Hall–Kier alpha value is 0.760. The highest BCUT2D eigenvalue weighted by atomic mass is 33.1. The number of nitrogens with zero attached hydrogens (tertiary/aromatic N) is 2. The predicted octanol–water partition coefficient (Wildman–Crippen LogP) is 3.33. The summed E-state index contributed by atoms with van der Waals surface area (Å²) >= 11 is 0. The van der Waals surface area contributed by atoms with Crippen LogP contribution in [0.2, 0.25) is 0 Å². The number of rotatable bonds is 21. The molecule has 12 heteroatoms. The molecular weight excluding hydrogens is 520 g/mol. The van der Waals surface area contributed by atoms with Crippen LogP contribution in [0.3, 0.4) is 0 Å². The molecule has 32 heavy (non-hydrogen) atoms. The second kappa shape index (κ2) is 22.2. The number of hydrogen-bond donors (Lipinski definition) is 2. The van der Waals surface area contributed by atoms with E-state index in [-0.39, 0.29) is 13.2 Å². The Labute approximate surface area is 209 Å². The maximum absolute atomic E-state index is 11.7. The van der Waals surface area contributed by atoms with Crippen LogP contribution in [0.25, 0.3) is 0 Å². The number of carbonyl (C=O) groups is 2. The fraction of sp³-hybridized carbons (Fsp3) is 0.700. The van der Waals surface area contributed by atoms with E-state index >= 15 is 0 Å². The number of aliphatic hydroxyl groups is 2. The van der Waals surface area contributed by atoms with Crippen molar-refractivity contribution in [3.8, 4) is 0 Å². The number of aliphatic hydroxyl groups excluding tert-OH is 2. The van der Waals surface area contributed by atoms with Gasteiger partial charge in [0, 0.05) is 94.9 Å². The highest BCUT2D eigenvalue weighted by molar-refractivity contribution is 8.79. The molecule has 4 atom stereocenters. The summed E-state index contributed by atoms with van der Waals surface area (Å²) in [6.45, 7) is 9.88. The van der Waals surface area contributed by atoms with E-state index in [0.29, 0.717) is 47.2 Å². The van der Waals surface area contributed by atoms with Crippen molar-refractivity contribution in [2.45, 2.75) is 26.7 Å². The van der Waals surface area contributed by atoms with Gasteiger partial charge in [-0.15, -0.1) is 0 Å². The highest BCUT2D eigenvalue weighted by Crippen LogP contribution is 2.42. The molecule has 0 saturated carbocycles. The van der Waals surface area contributed by atoms with Crippen molar-refractivity contribution >= 4 is 68.7 Å². The van der Waals surface area contributed by atoms with Crippen LogP contribution in [0.5, 0.6) is 0 Å². The van der Waals surface area contributed by atoms with E-state index in [1.54, 1.807) is 9.80 Å². The van der Waals surface area contributed by atoms with Gasteiger partial charge in [0.2, 0.25) is 12.8 Å². The Kier molecular flexibility index (Phi) is 22.8. The Morgan fingerprint density at radius 3 is 1.44 bits per heavy atom. The van der Waals surface area contributed by atoms with Crippen molar-refractivity contribution in [2.24, 2.45) is 0 Å². The molecule has 0 radical (unpaired) electrons. The first-order valence-corrected chi connectivity index (χ1v) is 20.4. The number of amides is 2. The molecule has 2 N–H and O–H groups in total. The first kappa shape index (κ1) is 32.8. The summed E-state index contributed by atoms with van der Waals surface area (Å²) < 4.78 is 0. The molecular formula is C20H44N2O4P4S2+4. The predicted molar refractivity (Wildman–Crippen MR) is 160 cm³/mol. The number of hydrogen-bond acceptors (Lipinski definition) is 6. The third kappa shape index (κ3) is 14.2. The topological polar surface area (TPSA) is 81.1 Å². The standard InChI is InChI=1S/C20H40N2O4P4S2/c1-17(21(13-25)7-11-29-15-27-3)19(5-9-23)31-32-20(6-10-24)18(2)22(14-26)8-12-30-16-28-4/h13-14,23-24,27-30H,5-12,15-16H2,1-4H3/p+4. The van der Waals surface area contributed by atoms with Crippen molar-refractivity contribution in [2.75, 3.05) is 63.8 Å². The number of carbonyl (C=O) groups excluding carboxylic acids is 2. The summed E-state index contributed by atoms with van der Waals surface area (Å²) in [6, 6.07) is 0. The summed E-state index contributed by atoms with van der Waals surface area (Å²) in [5.41, 5.74) is 1.77. The smallest absolute Gasteiger partial charge is 0.214 e. The maximum atomic E-state index is 11.7. The molecule has 0 heterocycles. The van der Waals surface area contributed by atoms with Crippen LogP contribution in [0.15, 0.2) is 21.2 Å². The van der Waals surface area contributed by atoms with E-state index in [0.717, 1.165) is 59.4 Å². The summed E-state index contributed by atoms with van der Waals surface area (Å²) in [4.78, 5) is 28.8. The lowest BCUT2D eigenvalue weighted by Crippen LogP contribution is -2.24. The van der Waals surface area contributed by atoms with Crippen molar-refractivity contribution in [3.05, 3.63) is 21.2 Å². The molecule has 0 spiro atoms. The van der Waals surface area contributed by atoms with Crippen molar-refractivity contribution in [1.29, 1.82) is 0 Å². The molecule has 6 nitrogen and oxygen atoms in total. The average Bonchev–Trinajstić information content (AvgIpc) is 2.80. The van der Waals surface area contributed by atoms with Crippen molar-refractivity contribution in [1.82, 2.24) is 9.80 Å². The molecule has 0 rings (SSSR count). The van der Waals surface area contributed by atoms with Crippen LogP contribution in [0, 0.1) is 0 Å². The molecule has 0 aliphatic rings. The zero-order valence-corrected chi connectivity index (χ0v) is 26.2. The van der Waals surface area contributed by atoms with E-state index in [4.69, 9.17) is 0 Å². The molecule has 0 saturated heterocycles. The molecule has 186 valence electrons. The summed E-state index contributed by atoms with van der Waals surface area (Å²) in [6.07, 6.45) is 4.86. The van der Waals surface area contributed by atoms with Crippen LogP contribution in [0.1, 0.15) is 26.7 Å². The van der Waals surface area contributed by atoms with Gasteiger partial charge in [-0.25, -0.2) is 0 Å². The molecule has 0 aromatic heterocycles. The normalized spacial score (nSPS) is 14.3. The van der Waals surface area contributed by atoms with Gasteiger partial charge in [-0.1, -0.05) is 21.6 Å². The van der Waals surface area contributed by atoms with Crippen LogP contribution >= 0.6 is 55.9 Å².